The summed E-state index contributed by atoms with van der Waals surface area (Å²) in [6, 6.07) is 10.3. The maximum Gasteiger partial charge on any atom is 0.330 e. The average molecular weight is 467 g/mol. The molecule has 2 amide bonds. The summed E-state index contributed by atoms with van der Waals surface area (Å²) in [5, 5.41) is 13.1. The van der Waals surface area contributed by atoms with Crippen LogP contribution < -0.4 is 15.0 Å². The van der Waals surface area contributed by atoms with Crippen molar-refractivity contribution in [3.63, 3.8) is 0 Å². The van der Waals surface area contributed by atoms with Crippen LogP contribution in [0, 0.1) is 5.92 Å². The first-order valence-electron chi connectivity index (χ1n) is 11.5. The number of nitrogens with zero attached hydrogens (tertiary/aromatic N) is 1. The van der Waals surface area contributed by atoms with Crippen molar-refractivity contribution >= 4 is 23.5 Å². The Morgan fingerprint density at radius 3 is 2.38 bits per heavy atom. The van der Waals surface area contributed by atoms with E-state index < -0.39 is 17.4 Å². The van der Waals surface area contributed by atoms with Gasteiger partial charge in [0.2, 0.25) is 0 Å². The number of methoxy groups -OCH3 is 1. The molecule has 182 valence electrons. The molecule has 34 heavy (non-hydrogen) atoms. The van der Waals surface area contributed by atoms with E-state index in [1.54, 1.807) is 37.4 Å². The van der Waals surface area contributed by atoms with Gasteiger partial charge >= 0.3 is 5.97 Å². The van der Waals surface area contributed by atoms with E-state index in [0.717, 1.165) is 5.56 Å². The first-order chi connectivity index (χ1) is 15.9. The normalized spacial score (nSPS) is 17.5. The standard InChI is InChI=1S/C27H34N2O5/c1-16(2)14-27(25(32)33)15-19-18(23(30)28-6)9-8-10-21(19)29(27)24(31)17-11-12-20(26(3,4)5)22(13-17)34-7/h8-13,16H,14-15H2,1-7H3,(H,28,30)(H,32,33). The second-order valence-corrected chi connectivity index (χ2v) is 10.3. The molecular weight excluding hydrogens is 432 g/mol. The van der Waals surface area contributed by atoms with Gasteiger partial charge in [-0.3, -0.25) is 14.5 Å². The van der Waals surface area contributed by atoms with Crippen molar-refractivity contribution in [2.45, 2.75) is 58.4 Å². The minimum Gasteiger partial charge on any atom is -0.496 e. The van der Waals surface area contributed by atoms with Gasteiger partial charge in [0.25, 0.3) is 11.8 Å². The van der Waals surface area contributed by atoms with Gasteiger partial charge in [-0.05, 0) is 53.1 Å². The van der Waals surface area contributed by atoms with Crippen molar-refractivity contribution in [3.05, 3.63) is 58.7 Å². The zero-order valence-electron chi connectivity index (χ0n) is 21.0. The third-order valence-electron chi connectivity index (χ3n) is 6.36. The molecule has 1 atom stereocenters. The number of aliphatic carboxylic acids is 1. The second-order valence-electron chi connectivity index (χ2n) is 10.3. The number of benzene rings is 2. The molecule has 1 aliphatic heterocycles. The van der Waals surface area contributed by atoms with E-state index in [0.29, 0.717) is 28.1 Å². The molecular formula is C27H34N2O5. The monoisotopic (exact) mass is 466 g/mol. The fourth-order valence-electron chi connectivity index (χ4n) is 4.89. The fourth-order valence-corrected chi connectivity index (χ4v) is 4.89. The number of fused-ring (bicyclic) bond motifs is 1. The molecule has 0 saturated heterocycles. The van der Waals surface area contributed by atoms with Crippen molar-refractivity contribution in [2.24, 2.45) is 5.92 Å². The highest BCUT2D eigenvalue weighted by molar-refractivity contribution is 6.14. The number of ether oxygens (including phenoxy) is 1. The summed E-state index contributed by atoms with van der Waals surface area (Å²) in [4.78, 5) is 40.7. The smallest absolute Gasteiger partial charge is 0.330 e. The Hall–Kier alpha value is -3.35. The molecule has 0 fully saturated rings. The van der Waals surface area contributed by atoms with Crippen LogP contribution in [0.5, 0.6) is 5.75 Å². The zero-order chi connectivity index (χ0) is 25.4. The van der Waals surface area contributed by atoms with Gasteiger partial charge in [-0.25, -0.2) is 4.79 Å². The molecule has 0 spiro atoms. The van der Waals surface area contributed by atoms with Crippen LogP contribution >= 0.6 is 0 Å². The van der Waals surface area contributed by atoms with E-state index in [4.69, 9.17) is 4.74 Å². The molecule has 2 aromatic rings. The number of carbonyl (C=O) groups is 3. The molecule has 2 N–H and O–H groups in total. The lowest BCUT2D eigenvalue weighted by molar-refractivity contribution is -0.143. The highest BCUT2D eigenvalue weighted by Crippen LogP contribution is 2.45. The Bertz CT molecular complexity index is 1130. The minimum absolute atomic E-state index is 0.00182. The van der Waals surface area contributed by atoms with Gasteiger partial charge in [-0.15, -0.1) is 0 Å². The van der Waals surface area contributed by atoms with Crippen LogP contribution in [-0.4, -0.2) is 42.6 Å². The van der Waals surface area contributed by atoms with Gasteiger partial charge in [0.1, 0.15) is 11.3 Å². The minimum atomic E-state index is -1.51. The number of amides is 2. The van der Waals surface area contributed by atoms with Gasteiger partial charge in [0.15, 0.2) is 0 Å². The molecule has 0 radical (unpaired) electrons. The predicted molar refractivity (Wildman–Crippen MR) is 132 cm³/mol. The highest BCUT2D eigenvalue weighted by atomic mass is 16.5. The van der Waals surface area contributed by atoms with Gasteiger partial charge in [-0.1, -0.05) is 46.8 Å². The molecule has 1 aliphatic rings. The van der Waals surface area contributed by atoms with Gasteiger partial charge in [0, 0.05) is 30.3 Å². The predicted octanol–water partition coefficient (Wildman–Crippen LogP) is 4.42. The lowest BCUT2D eigenvalue weighted by atomic mass is 9.83. The van der Waals surface area contributed by atoms with E-state index in [1.165, 1.54) is 11.9 Å². The van der Waals surface area contributed by atoms with E-state index in [-0.39, 0.29) is 30.1 Å². The molecule has 3 rings (SSSR count). The first-order valence-corrected chi connectivity index (χ1v) is 11.5. The molecule has 0 saturated carbocycles. The third kappa shape index (κ3) is 4.27. The summed E-state index contributed by atoms with van der Waals surface area (Å²) in [7, 11) is 3.08. The number of nitrogens with one attached hydrogen (secondary N) is 1. The molecule has 7 nitrogen and oxygen atoms in total. The van der Waals surface area contributed by atoms with Gasteiger partial charge in [-0.2, -0.15) is 0 Å². The zero-order valence-corrected chi connectivity index (χ0v) is 21.0. The van der Waals surface area contributed by atoms with Crippen LogP contribution in [0.4, 0.5) is 5.69 Å². The topological polar surface area (TPSA) is 95.9 Å². The van der Waals surface area contributed by atoms with E-state index >= 15 is 0 Å². The number of hydrogen-bond acceptors (Lipinski definition) is 4. The lowest BCUT2D eigenvalue weighted by Crippen LogP contribution is -2.56. The van der Waals surface area contributed by atoms with E-state index in [2.05, 4.69) is 26.1 Å². The number of carbonyl (C=O) groups excluding carboxylic acids is 2. The number of rotatable bonds is 6. The molecule has 0 aromatic heterocycles. The second kappa shape index (κ2) is 9.12. The van der Waals surface area contributed by atoms with Crippen LogP contribution in [0.15, 0.2) is 36.4 Å². The first kappa shape index (κ1) is 25.3. The average Bonchev–Trinajstić information content (AvgIpc) is 3.11. The molecule has 7 heteroatoms. The van der Waals surface area contributed by atoms with Gasteiger partial charge < -0.3 is 15.2 Å². The number of anilines is 1. The summed E-state index contributed by atoms with van der Waals surface area (Å²) in [6.45, 7) is 10.0. The Labute approximate surface area is 201 Å². The summed E-state index contributed by atoms with van der Waals surface area (Å²) < 4.78 is 5.58. The van der Waals surface area contributed by atoms with E-state index in [1.807, 2.05) is 19.9 Å². The molecule has 0 bridgehead atoms. The molecule has 1 heterocycles. The van der Waals surface area contributed by atoms with Crippen molar-refractivity contribution in [1.29, 1.82) is 0 Å². The Morgan fingerprint density at radius 2 is 1.85 bits per heavy atom. The number of carboxylic acids is 1. The van der Waals surface area contributed by atoms with Crippen molar-refractivity contribution in [3.8, 4) is 5.75 Å². The maximum atomic E-state index is 14.0. The highest BCUT2D eigenvalue weighted by Gasteiger charge is 2.54. The quantitative estimate of drug-likeness (QED) is 0.657. The largest absolute Gasteiger partial charge is 0.496 e. The molecule has 0 aliphatic carbocycles. The fraction of sp³-hybridized carbons (Fsp3) is 0.444. The van der Waals surface area contributed by atoms with Crippen molar-refractivity contribution in [1.82, 2.24) is 5.32 Å². The van der Waals surface area contributed by atoms with Crippen molar-refractivity contribution < 1.29 is 24.2 Å². The van der Waals surface area contributed by atoms with Crippen LogP contribution in [0.1, 0.15) is 72.9 Å². The SMILES string of the molecule is CNC(=O)c1cccc2c1CC(CC(C)C)(C(=O)O)N2C(=O)c1ccc(C(C)(C)C)c(OC)c1. The summed E-state index contributed by atoms with van der Waals surface area (Å²) in [5.41, 5.74) is 0.973. The summed E-state index contributed by atoms with van der Waals surface area (Å²) in [6.07, 6.45) is 0.301. The third-order valence-corrected chi connectivity index (χ3v) is 6.36. The Balaban J connectivity index is 2.24. The molecule has 1 unspecified atom stereocenters. The lowest BCUT2D eigenvalue weighted by Gasteiger charge is -2.36. The summed E-state index contributed by atoms with van der Waals surface area (Å²) in [5.74, 6) is -1.27. The van der Waals surface area contributed by atoms with Crippen LogP contribution in [0.3, 0.4) is 0 Å². The maximum absolute atomic E-state index is 14.0. The van der Waals surface area contributed by atoms with Crippen LogP contribution in [0.25, 0.3) is 0 Å². The number of hydrogen-bond donors (Lipinski definition) is 2. The van der Waals surface area contributed by atoms with Crippen LogP contribution in [-0.2, 0) is 16.6 Å². The van der Waals surface area contributed by atoms with Crippen LogP contribution in [0.2, 0.25) is 0 Å². The van der Waals surface area contributed by atoms with Crippen molar-refractivity contribution in [2.75, 3.05) is 19.1 Å². The summed E-state index contributed by atoms with van der Waals surface area (Å²) >= 11 is 0. The van der Waals surface area contributed by atoms with E-state index in [9.17, 15) is 19.5 Å². The Morgan fingerprint density at radius 1 is 1.18 bits per heavy atom. The van der Waals surface area contributed by atoms with Gasteiger partial charge in [0.05, 0.1) is 7.11 Å². The molecule has 2 aromatic carbocycles. The number of carboxylic acid groups (broad SMARTS) is 1. The Kier molecular flexibility index (Phi) is 6.78.